The molecule has 2 aromatic carbocycles. The molecular formula is C19H22N2O5S. The Morgan fingerprint density at radius 1 is 1.00 bits per heavy atom. The zero-order chi connectivity index (χ0) is 20.2. The molecular weight excluding hydrogens is 368 g/mol. The fourth-order valence-electron chi connectivity index (χ4n) is 2.43. The number of nitrogens with one attached hydrogen (secondary N) is 1. The second-order valence-corrected chi connectivity index (χ2v) is 8.46. The molecule has 0 heterocycles. The Kier molecular flexibility index (Phi) is 6.35. The predicted molar refractivity (Wildman–Crippen MR) is 102 cm³/mol. The molecule has 2 aromatic rings. The highest BCUT2D eigenvalue weighted by Crippen LogP contribution is 2.16. The first-order valence-corrected chi connectivity index (χ1v) is 9.61. The molecule has 1 N–H and O–H groups in total. The number of benzene rings is 2. The van der Waals surface area contributed by atoms with Crippen LogP contribution < -0.4 is 5.32 Å². The molecule has 0 spiro atoms. The third kappa shape index (κ3) is 5.38. The lowest BCUT2D eigenvalue weighted by Crippen LogP contribution is -2.22. The van der Waals surface area contributed by atoms with Gasteiger partial charge in [-0.05, 0) is 50.2 Å². The lowest BCUT2D eigenvalue weighted by molar-refractivity contribution is -0.119. The summed E-state index contributed by atoms with van der Waals surface area (Å²) >= 11 is 0. The summed E-state index contributed by atoms with van der Waals surface area (Å²) in [5.41, 5.74) is 2.65. The van der Waals surface area contributed by atoms with E-state index < -0.39 is 28.5 Å². The number of hydrogen-bond donors (Lipinski definition) is 1. The molecule has 0 aliphatic heterocycles. The molecule has 7 nitrogen and oxygen atoms in total. The van der Waals surface area contributed by atoms with Crippen molar-refractivity contribution < 1.29 is 22.7 Å². The van der Waals surface area contributed by atoms with Gasteiger partial charge in [-0.1, -0.05) is 17.2 Å². The van der Waals surface area contributed by atoms with Gasteiger partial charge in [-0.2, -0.15) is 0 Å². The summed E-state index contributed by atoms with van der Waals surface area (Å²) in [6.45, 7) is 3.30. The van der Waals surface area contributed by atoms with Gasteiger partial charge in [0, 0.05) is 19.8 Å². The van der Waals surface area contributed by atoms with E-state index >= 15 is 0 Å². The van der Waals surface area contributed by atoms with Gasteiger partial charge in [-0.15, -0.1) is 0 Å². The third-order valence-corrected chi connectivity index (χ3v) is 5.54. The highest BCUT2D eigenvalue weighted by atomic mass is 32.2. The minimum absolute atomic E-state index is 0.117. The smallest absolute Gasteiger partial charge is 0.338 e. The Labute approximate surface area is 159 Å². The van der Waals surface area contributed by atoms with E-state index in [0.717, 1.165) is 15.4 Å². The van der Waals surface area contributed by atoms with Crippen molar-refractivity contribution in [3.8, 4) is 0 Å². The zero-order valence-corrected chi connectivity index (χ0v) is 16.5. The molecule has 0 aliphatic carbocycles. The molecule has 0 fully saturated rings. The lowest BCUT2D eigenvalue weighted by atomic mass is 10.1. The van der Waals surface area contributed by atoms with E-state index in [1.807, 2.05) is 19.9 Å². The van der Waals surface area contributed by atoms with Crippen LogP contribution in [-0.4, -0.2) is 45.3 Å². The fourth-order valence-corrected chi connectivity index (χ4v) is 3.33. The summed E-state index contributed by atoms with van der Waals surface area (Å²) in [7, 11) is -0.651. The maximum absolute atomic E-state index is 12.1. The molecule has 27 heavy (non-hydrogen) atoms. The number of ether oxygens (including phenoxy) is 1. The van der Waals surface area contributed by atoms with E-state index in [1.165, 1.54) is 38.4 Å². The van der Waals surface area contributed by atoms with Crippen molar-refractivity contribution >= 4 is 27.6 Å². The van der Waals surface area contributed by atoms with E-state index in [9.17, 15) is 18.0 Å². The quantitative estimate of drug-likeness (QED) is 0.765. The highest BCUT2D eigenvalue weighted by molar-refractivity contribution is 7.89. The SMILES string of the molecule is Cc1cc(C)cc(C(=O)OCC(=O)Nc2ccc(S(=O)(=O)N(C)C)cc2)c1. The van der Waals surface area contributed by atoms with Gasteiger partial charge in [0.15, 0.2) is 6.61 Å². The zero-order valence-electron chi connectivity index (χ0n) is 15.6. The second-order valence-electron chi connectivity index (χ2n) is 6.31. The van der Waals surface area contributed by atoms with E-state index in [4.69, 9.17) is 4.74 Å². The molecule has 2 rings (SSSR count). The standard InChI is InChI=1S/C19H22N2O5S/c1-13-9-14(2)11-15(10-13)19(23)26-12-18(22)20-16-5-7-17(8-6-16)27(24,25)21(3)4/h5-11H,12H2,1-4H3,(H,20,22). The maximum Gasteiger partial charge on any atom is 0.338 e. The Morgan fingerprint density at radius 2 is 1.56 bits per heavy atom. The van der Waals surface area contributed by atoms with E-state index in [2.05, 4.69) is 5.32 Å². The average molecular weight is 390 g/mol. The van der Waals surface area contributed by atoms with Crippen molar-refractivity contribution in [3.05, 3.63) is 59.2 Å². The van der Waals surface area contributed by atoms with Gasteiger partial charge in [0.25, 0.3) is 5.91 Å². The van der Waals surface area contributed by atoms with Crippen LogP contribution in [0.3, 0.4) is 0 Å². The van der Waals surface area contributed by atoms with Crippen LogP contribution in [0.2, 0.25) is 0 Å². The molecule has 0 bridgehead atoms. The van der Waals surface area contributed by atoms with Gasteiger partial charge >= 0.3 is 5.97 Å². The van der Waals surface area contributed by atoms with E-state index in [1.54, 1.807) is 12.1 Å². The maximum atomic E-state index is 12.1. The van der Waals surface area contributed by atoms with Crippen molar-refractivity contribution in [3.63, 3.8) is 0 Å². The molecule has 8 heteroatoms. The molecule has 0 atom stereocenters. The summed E-state index contributed by atoms with van der Waals surface area (Å²) in [5, 5.41) is 2.55. The molecule has 0 radical (unpaired) electrons. The number of sulfonamides is 1. The fraction of sp³-hybridized carbons (Fsp3) is 0.263. The first kappa shape index (κ1) is 20.6. The minimum Gasteiger partial charge on any atom is -0.452 e. The van der Waals surface area contributed by atoms with Gasteiger partial charge in [0.1, 0.15) is 0 Å². The van der Waals surface area contributed by atoms with Crippen LogP contribution in [0.1, 0.15) is 21.5 Å². The largest absolute Gasteiger partial charge is 0.452 e. The lowest BCUT2D eigenvalue weighted by Gasteiger charge is -2.12. The number of carbonyl (C=O) groups excluding carboxylic acids is 2. The van der Waals surface area contributed by atoms with Crippen LogP contribution in [-0.2, 0) is 19.6 Å². The minimum atomic E-state index is -3.53. The second kappa shape index (κ2) is 8.32. The Hall–Kier alpha value is -2.71. The number of anilines is 1. The monoisotopic (exact) mass is 390 g/mol. The number of hydrogen-bond acceptors (Lipinski definition) is 5. The van der Waals surface area contributed by atoms with E-state index in [0.29, 0.717) is 11.3 Å². The molecule has 1 amide bonds. The van der Waals surface area contributed by atoms with Gasteiger partial charge in [0.2, 0.25) is 10.0 Å². The normalized spacial score (nSPS) is 11.3. The molecule has 0 saturated carbocycles. The molecule has 0 aromatic heterocycles. The molecule has 144 valence electrons. The summed E-state index contributed by atoms with van der Waals surface area (Å²) in [6, 6.07) is 11.1. The number of carbonyl (C=O) groups is 2. The Bertz CT molecular complexity index is 930. The number of aryl methyl sites for hydroxylation is 2. The van der Waals surface area contributed by atoms with Gasteiger partial charge in [-0.3, -0.25) is 4.79 Å². The van der Waals surface area contributed by atoms with Crippen LogP contribution in [0.4, 0.5) is 5.69 Å². The van der Waals surface area contributed by atoms with Crippen molar-refractivity contribution in [2.75, 3.05) is 26.0 Å². The third-order valence-electron chi connectivity index (χ3n) is 3.71. The van der Waals surface area contributed by atoms with Crippen LogP contribution >= 0.6 is 0 Å². The van der Waals surface area contributed by atoms with Gasteiger partial charge in [-0.25, -0.2) is 17.5 Å². The molecule has 0 aliphatic rings. The Morgan fingerprint density at radius 3 is 2.07 bits per heavy atom. The van der Waals surface area contributed by atoms with Gasteiger partial charge < -0.3 is 10.1 Å². The Balaban J connectivity index is 1.95. The van der Waals surface area contributed by atoms with Crippen LogP contribution in [0.5, 0.6) is 0 Å². The van der Waals surface area contributed by atoms with Crippen molar-refractivity contribution in [1.82, 2.24) is 4.31 Å². The van der Waals surface area contributed by atoms with Crippen LogP contribution in [0, 0.1) is 13.8 Å². The summed E-state index contributed by atoms with van der Waals surface area (Å²) < 4.78 is 30.1. The number of amides is 1. The first-order chi connectivity index (χ1) is 12.6. The number of esters is 1. The summed E-state index contributed by atoms with van der Waals surface area (Å²) in [6.07, 6.45) is 0. The van der Waals surface area contributed by atoms with Crippen molar-refractivity contribution in [1.29, 1.82) is 0 Å². The molecule has 0 saturated heterocycles. The summed E-state index contributed by atoms with van der Waals surface area (Å²) in [5.74, 6) is -1.10. The van der Waals surface area contributed by atoms with Crippen LogP contribution in [0.25, 0.3) is 0 Å². The molecule has 0 unspecified atom stereocenters. The summed E-state index contributed by atoms with van der Waals surface area (Å²) in [4.78, 5) is 24.1. The predicted octanol–water partition coefficient (Wildman–Crippen LogP) is 2.35. The first-order valence-electron chi connectivity index (χ1n) is 8.17. The topological polar surface area (TPSA) is 92.8 Å². The van der Waals surface area contributed by atoms with Crippen LogP contribution in [0.15, 0.2) is 47.4 Å². The highest BCUT2D eigenvalue weighted by Gasteiger charge is 2.17. The average Bonchev–Trinajstić information content (AvgIpc) is 2.59. The van der Waals surface area contributed by atoms with E-state index in [-0.39, 0.29) is 4.90 Å². The number of nitrogens with zero attached hydrogens (tertiary/aromatic N) is 1. The number of rotatable bonds is 6. The van der Waals surface area contributed by atoms with Crippen molar-refractivity contribution in [2.45, 2.75) is 18.7 Å². The van der Waals surface area contributed by atoms with Crippen molar-refractivity contribution in [2.24, 2.45) is 0 Å². The van der Waals surface area contributed by atoms with Gasteiger partial charge in [0.05, 0.1) is 10.5 Å².